The highest BCUT2D eigenvalue weighted by Crippen LogP contribution is 2.52. The van der Waals surface area contributed by atoms with Crippen molar-refractivity contribution in [3.05, 3.63) is 65.2 Å². The molecule has 11 amide bonds. The van der Waals surface area contributed by atoms with Crippen LogP contribution in [-0.4, -0.2) is 217 Å². The van der Waals surface area contributed by atoms with Gasteiger partial charge >= 0.3 is 12.1 Å². The van der Waals surface area contributed by atoms with E-state index in [2.05, 4.69) is 31.9 Å². The van der Waals surface area contributed by atoms with Gasteiger partial charge in [-0.1, -0.05) is 117 Å². The number of likely N-dealkylation sites (tertiary alicyclic amines) is 2. The summed E-state index contributed by atoms with van der Waals surface area (Å²) >= 11 is 1.45. The van der Waals surface area contributed by atoms with Gasteiger partial charge in [-0.3, -0.25) is 57.7 Å². The Hall–Kier alpha value is -7.53. The second-order valence-corrected chi connectivity index (χ2v) is 32.4. The Bertz CT molecular complexity index is 3310. The van der Waals surface area contributed by atoms with Crippen LogP contribution in [0, 0.1) is 53.8 Å². The van der Waals surface area contributed by atoms with E-state index in [0.717, 1.165) is 18.4 Å². The number of Topliss-reactive ketones (excluding diaryl/α,β-unsaturated/α-hetero) is 2. The van der Waals surface area contributed by atoms with Gasteiger partial charge in [0.15, 0.2) is 11.6 Å². The number of likely N-dealkylation sites (N-methyl/N-ethyl adjacent to an activating group) is 2. The molecule has 598 valence electrons. The molecule has 0 bridgehead atoms. The number of aliphatic hydroxyl groups excluding tert-OH is 1. The van der Waals surface area contributed by atoms with Gasteiger partial charge in [-0.05, 0) is 125 Å². The molecule has 2 saturated heterocycles. The lowest BCUT2D eigenvalue weighted by atomic mass is 9.83. The molecule has 2 unspecified atom stereocenters. The summed E-state index contributed by atoms with van der Waals surface area (Å²) in [6, 6.07) is 9.09. The van der Waals surface area contributed by atoms with E-state index in [1.54, 1.807) is 71.0 Å². The minimum Gasteiger partial charge on any atom is -0.445 e. The van der Waals surface area contributed by atoms with Crippen molar-refractivity contribution in [3.8, 4) is 0 Å². The fourth-order valence-electron chi connectivity index (χ4n) is 14.8. The number of thioether (sulfide) groups is 1. The smallest absolute Gasteiger partial charge is 0.408 e. The molecule has 1 saturated carbocycles. The number of amides is 11. The first-order valence-corrected chi connectivity index (χ1v) is 39.3. The number of imide groups is 1. The fourth-order valence-corrected chi connectivity index (χ4v) is 16.3. The zero-order valence-corrected chi connectivity index (χ0v) is 67.2. The van der Waals surface area contributed by atoms with Gasteiger partial charge in [0.25, 0.3) is 0 Å². The number of β-amino-alcohol motifs (C(OH)–C–C–N with tert-alkyl or cyclic N) is 1. The molecule has 3 aliphatic rings. The Labute approximate surface area is 638 Å². The summed E-state index contributed by atoms with van der Waals surface area (Å²) in [6.07, 6.45) is 1.49. The maximum atomic E-state index is 14.7. The predicted molar refractivity (Wildman–Crippen MR) is 411 cm³/mol. The summed E-state index contributed by atoms with van der Waals surface area (Å²) in [4.78, 5) is 169. The van der Waals surface area contributed by atoms with Gasteiger partial charge in [-0.25, -0.2) is 9.59 Å². The van der Waals surface area contributed by atoms with Crippen LogP contribution in [0.4, 0.5) is 15.3 Å². The molecule has 9 N–H and O–H groups in total. The maximum Gasteiger partial charge on any atom is 0.408 e. The highest BCUT2D eigenvalue weighted by Gasteiger charge is 2.48. The zero-order valence-electron chi connectivity index (χ0n) is 66.4. The number of methoxy groups -OCH3 is 2. The van der Waals surface area contributed by atoms with Gasteiger partial charge in [-0.2, -0.15) is 0 Å². The molecule has 5 rings (SSSR count). The molecular formula is C79H125N11O16S. The maximum absolute atomic E-state index is 14.7. The Balaban J connectivity index is 1.17. The SMILES string of the molecule is CC[C@H](C)[C@@H]([C@@H](CC(=O)N1C[C@@H](O)C[C@H]1[C@H](OC)[C@@H](C)C(=O)N[C@H](C)C(NC(=O)OCc1ccc(NC(=O)[C@H](CCCNC(N)=O)CC(=O)[C@@H](NC(=O)CCCCCN2C(=O)CC(SCC3(CC(=O)NC)CC3)C2=O)C(C)C)cc1)c1ccc(C)cc1)OC)N(C)C(=O)[C@@H](CC(=O)[C@H](C(C)C)N(C)C)C(C)C. The molecule has 107 heavy (non-hydrogen) atoms. The van der Waals surface area contributed by atoms with Crippen molar-refractivity contribution in [3.63, 3.8) is 0 Å². The molecule has 28 heteroatoms. The van der Waals surface area contributed by atoms with Gasteiger partial charge in [0, 0.05) is 103 Å². The van der Waals surface area contributed by atoms with E-state index in [9.17, 15) is 62.6 Å². The molecule has 1 aliphatic carbocycles. The number of urea groups is 1. The molecule has 0 aromatic heterocycles. The van der Waals surface area contributed by atoms with Crippen LogP contribution >= 0.6 is 11.8 Å². The second-order valence-electron chi connectivity index (χ2n) is 31.2. The van der Waals surface area contributed by atoms with E-state index in [0.29, 0.717) is 61.1 Å². The molecule has 2 heterocycles. The van der Waals surface area contributed by atoms with Crippen LogP contribution in [0.1, 0.15) is 188 Å². The van der Waals surface area contributed by atoms with E-state index in [1.807, 2.05) is 91.7 Å². The van der Waals surface area contributed by atoms with Crippen LogP contribution in [0.3, 0.4) is 0 Å². The normalized spacial score (nSPS) is 19.4. The number of nitrogens with zero attached hydrogens (tertiary/aromatic N) is 4. The monoisotopic (exact) mass is 1520 g/mol. The number of hydrogen-bond donors (Lipinski definition) is 8. The molecule has 2 aromatic carbocycles. The minimum atomic E-state index is -0.930. The molecule has 27 nitrogen and oxygen atoms in total. The third-order valence-electron chi connectivity index (χ3n) is 21.5. The first-order valence-electron chi connectivity index (χ1n) is 38.2. The number of rotatable bonds is 46. The van der Waals surface area contributed by atoms with Gasteiger partial charge < -0.3 is 66.8 Å². The Morgan fingerprint density at radius 3 is 2.00 bits per heavy atom. The molecular weight excluding hydrogens is 1390 g/mol. The number of benzene rings is 2. The number of unbranched alkanes of at least 4 members (excludes halogenated alkanes) is 2. The Morgan fingerprint density at radius 2 is 1.43 bits per heavy atom. The van der Waals surface area contributed by atoms with E-state index in [-0.39, 0.29) is 153 Å². The Kier molecular flexibility index (Phi) is 36.2. The number of aliphatic hydroxyl groups is 1. The average molecular weight is 1520 g/mol. The van der Waals surface area contributed by atoms with Gasteiger partial charge in [-0.15, -0.1) is 11.8 Å². The third-order valence-corrected chi connectivity index (χ3v) is 23.1. The van der Waals surface area contributed by atoms with Crippen LogP contribution in [0.15, 0.2) is 48.5 Å². The van der Waals surface area contributed by atoms with E-state index < -0.39 is 95.5 Å². The van der Waals surface area contributed by atoms with Crippen molar-refractivity contribution in [2.75, 3.05) is 73.1 Å². The van der Waals surface area contributed by atoms with E-state index in [1.165, 1.54) is 35.8 Å². The topological polar surface area (TPSA) is 364 Å². The predicted octanol–water partition coefficient (Wildman–Crippen LogP) is 7.62. The number of carbonyl (C=O) groups excluding carboxylic acids is 12. The first kappa shape index (κ1) is 90.1. The van der Waals surface area contributed by atoms with Crippen LogP contribution in [-0.2, 0) is 68.8 Å². The highest BCUT2D eigenvalue weighted by molar-refractivity contribution is 8.00. The molecule has 14 atom stereocenters. The summed E-state index contributed by atoms with van der Waals surface area (Å²) in [5.74, 6) is -5.03. The van der Waals surface area contributed by atoms with Crippen LogP contribution < -0.4 is 37.6 Å². The quantitative estimate of drug-likeness (QED) is 0.0233. The number of ether oxygens (including phenoxy) is 3. The van der Waals surface area contributed by atoms with Crippen molar-refractivity contribution in [1.29, 1.82) is 0 Å². The van der Waals surface area contributed by atoms with Crippen molar-refractivity contribution >= 4 is 88.4 Å². The van der Waals surface area contributed by atoms with Gasteiger partial charge in [0.05, 0.1) is 72.2 Å². The number of hydrogen-bond acceptors (Lipinski definition) is 18. The minimum absolute atomic E-state index is 0.0146. The third kappa shape index (κ3) is 26.9. The number of anilines is 1. The molecule has 0 spiro atoms. The van der Waals surface area contributed by atoms with Crippen LogP contribution in [0.5, 0.6) is 0 Å². The average Bonchev–Trinajstić information content (AvgIpc) is 1.71. The standard InChI is InChI=1S/C79H125N11O16S/c1-18-50(9)71(88(15)75(100)58(46(2)3)39-61(93)70(48(6)7)87(13)14)62(104-16)40-66(96)90-43-57(91)38-59(90)72(105-17)51(10)73(98)83-52(11)69(54-29-25-49(8)26-30-54)86-78(103)106-44-53-27-31-56(32-28-53)84-74(99)55(23-22-35-82-77(80)102)37-60(92)68(47(4)5)85-64(94)24-20-19-21-36-89-67(97)41-63(76(89)101)107-45-79(33-34-79)42-65(95)81-12/h25-32,46-48,50-52,55,57-59,62-63,68-72,91H,18-24,33-45H2,1-17H3,(H,81,95)(H,83,98)(H,84,99)(H,85,94)(H,86,103)(H3,80,82,102)/t50-,51+,52+,55+,57-,58-,59-,62+,63?,68-,69?,70-,71-,72+/m0/s1. The summed E-state index contributed by atoms with van der Waals surface area (Å²) in [5, 5.41) is 27.6. The lowest BCUT2D eigenvalue weighted by Gasteiger charge is -2.41. The number of carbonyl (C=O) groups is 12. The second kappa shape index (κ2) is 43.0. The molecule has 3 fully saturated rings. The van der Waals surface area contributed by atoms with Crippen molar-refractivity contribution in [2.45, 2.75) is 239 Å². The summed E-state index contributed by atoms with van der Waals surface area (Å²) < 4.78 is 17.9. The highest BCUT2D eigenvalue weighted by atomic mass is 32.2. The largest absolute Gasteiger partial charge is 0.445 e. The molecule has 2 aliphatic heterocycles. The summed E-state index contributed by atoms with van der Waals surface area (Å²) in [5.41, 5.74) is 7.74. The number of primary amides is 1. The summed E-state index contributed by atoms with van der Waals surface area (Å²) in [6.45, 7) is 20.9. The molecule has 0 radical (unpaired) electrons. The van der Waals surface area contributed by atoms with E-state index in [4.69, 9.17) is 19.9 Å². The lowest BCUT2D eigenvalue weighted by Crippen LogP contribution is -2.55. The van der Waals surface area contributed by atoms with Crippen molar-refractivity contribution in [1.82, 2.24) is 46.2 Å². The van der Waals surface area contributed by atoms with E-state index >= 15 is 0 Å². The van der Waals surface area contributed by atoms with Crippen molar-refractivity contribution < 1.29 is 76.9 Å². The number of aryl methyl sites for hydroxylation is 1. The number of nitrogens with one attached hydrogen (secondary N) is 6. The lowest BCUT2D eigenvalue weighted by molar-refractivity contribution is -0.149. The summed E-state index contributed by atoms with van der Waals surface area (Å²) in [7, 11) is 9.99. The number of ketones is 2. The van der Waals surface area contributed by atoms with Crippen molar-refractivity contribution in [2.24, 2.45) is 52.6 Å². The zero-order chi connectivity index (χ0) is 79.7. The van der Waals surface area contributed by atoms with Gasteiger partial charge in [0.2, 0.25) is 47.3 Å². The number of alkyl carbamates (subject to hydrolysis) is 1. The Morgan fingerprint density at radius 1 is 0.766 bits per heavy atom. The number of nitrogens with two attached hydrogens (primary N) is 1. The first-order chi connectivity index (χ1) is 50.5. The van der Waals surface area contributed by atoms with Crippen LogP contribution in [0.2, 0.25) is 0 Å². The fraction of sp³-hybridized carbons (Fsp3) is 0.696. The van der Waals surface area contributed by atoms with Gasteiger partial charge in [0.1, 0.15) is 6.61 Å². The van der Waals surface area contributed by atoms with Crippen LogP contribution in [0.25, 0.3) is 0 Å². The molecule has 2 aromatic rings.